The first-order chi connectivity index (χ1) is 7.00. The van der Waals surface area contributed by atoms with Crippen LogP contribution in [0.2, 0.25) is 0 Å². The van der Waals surface area contributed by atoms with Crippen LogP contribution in [0.25, 0.3) is 0 Å². The van der Waals surface area contributed by atoms with Gasteiger partial charge in [0.15, 0.2) is 0 Å². The van der Waals surface area contributed by atoms with Gasteiger partial charge in [0.2, 0.25) is 0 Å². The van der Waals surface area contributed by atoms with Crippen molar-refractivity contribution >= 4 is 11.4 Å². The maximum atomic E-state index is 5.93. The smallest absolute Gasteiger partial charge is 0.0603 e. The van der Waals surface area contributed by atoms with Crippen LogP contribution >= 0.6 is 0 Å². The topological polar surface area (TPSA) is 38.0 Å². The molecule has 0 radical (unpaired) electrons. The molecule has 1 aromatic carbocycles. The normalized spacial score (nSPS) is 22.5. The Morgan fingerprint density at radius 2 is 2.13 bits per heavy atom. The van der Waals surface area contributed by atoms with Gasteiger partial charge in [0.1, 0.15) is 0 Å². The number of nitrogens with two attached hydrogens (primary N) is 1. The maximum Gasteiger partial charge on any atom is 0.0603 e. The van der Waals surface area contributed by atoms with E-state index < -0.39 is 0 Å². The lowest BCUT2D eigenvalue weighted by atomic mass is 10.1. The van der Waals surface area contributed by atoms with Crippen molar-refractivity contribution < 1.29 is 0 Å². The van der Waals surface area contributed by atoms with Crippen LogP contribution in [0.4, 0.5) is 11.4 Å². The Labute approximate surface area is 91.9 Å². The van der Waals surface area contributed by atoms with Gasteiger partial charge in [0.25, 0.3) is 0 Å². The average molecular weight is 204 g/mol. The quantitative estimate of drug-likeness (QED) is 0.743. The van der Waals surface area contributed by atoms with Crippen molar-refractivity contribution in [3.8, 4) is 0 Å². The van der Waals surface area contributed by atoms with Crippen molar-refractivity contribution in [3.05, 3.63) is 23.8 Å². The summed E-state index contributed by atoms with van der Waals surface area (Å²) in [7, 11) is 0. The summed E-state index contributed by atoms with van der Waals surface area (Å²) in [6.45, 7) is 7.78. The van der Waals surface area contributed by atoms with E-state index in [-0.39, 0.29) is 0 Å². The Kier molecular flexibility index (Phi) is 2.37. The Morgan fingerprint density at radius 3 is 2.67 bits per heavy atom. The average Bonchev–Trinajstić information content (AvgIpc) is 2.73. The number of anilines is 2. The number of hydrogen-bond acceptors (Lipinski definition) is 2. The molecule has 15 heavy (non-hydrogen) atoms. The molecule has 0 aliphatic heterocycles. The second kappa shape index (κ2) is 3.44. The summed E-state index contributed by atoms with van der Waals surface area (Å²) in [5.74, 6) is 0.802. The second-order valence-corrected chi connectivity index (χ2v) is 5.31. The third-order valence-corrected chi connectivity index (χ3v) is 3.55. The van der Waals surface area contributed by atoms with Crippen molar-refractivity contribution in [2.45, 2.75) is 27.2 Å². The zero-order valence-electron chi connectivity index (χ0n) is 9.80. The van der Waals surface area contributed by atoms with E-state index in [1.165, 1.54) is 12.0 Å². The van der Waals surface area contributed by atoms with E-state index in [1.807, 2.05) is 12.1 Å². The highest BCUT2D eigenvalue weighted by Crippen LogP contribution is 2.51. The number of benzene rings is 1. The predicted octanol–water partition coefficient (Wildman–Crippen LogP) is 3.04. The van der Waals surface area contributed by atoms with Gasteiger partial charge < -0.3 is 11.1 Å². The monoisotopic (exact) mass is 204 g/mol. The lowest BCUT2D eigenvalue weighted by Gasteiger charge is -2.12. The largest absolute Gasteiger partial charge is 0.397 e. The fourth-order valence-corrected chi connectivity index (χ4v) is 2.08. The van der Waals surface area contributed by atoms with Crippen molar-refractivity contribution in [1.82, 2.24) is 0 Å². The molecule has 1 aliphatic rings. The molecule has 0 saturated heterocycles. The summed E-state index contributed by atoms with van der Waals surface area (Å²) in [5, 5.41) is 3.47. The Bertz CT molecular complexity index is 349. The Hall–Kier alpha value is -1.18. The molecule has 1 aromatic rings. The molecule has 1 aliphatic carbocycles. The van der Waals surface area contributed by atoms with Crippen LogP contribution in [0.3, 0.4) is 0 Å². The molecule has 1 unspecified atom stereocenters. The van der Waals surface area contributed by atoms with Gasteiger partial charge in [0, 0.05) is 6.54 Å². The zero-order valence-corrected chi connectivity index (χ0v) is 9.80. The van der Waals surface area contributed by atoms with E-state index in [2.05, 4.69) is 32.2 Å². The van der Waals surface area contributed by atoms with Crippen LogP contribution in [0.5, 0.6) is 0 Å². The molecule has 1 saturated carbocycles. The minimum Gasteiger partial charge on any atom is -0.397 e. The van der Waals surface area contributed by atoms with Gasteiger partial charge in [-0.15, -0.1) is 0 Å². The molecule has 1 atom stereocenters. The van der Waals surface area contributed by atoms with Crippen molar-refractivity contribution in [1.29, 1.82) is 0 Å². The van der Waals surface area contributed by atoms with E-state index in [9.17, 15) is 0 Å². The fourth-order valence-electron chi connectivity index (χ4n) is 2.08. The summed E-state index contributed by atoms with van der Waals surface area (Å²) in [5.41, 5.74) is 9.66. The second-order valence-electron chi connectivity index (χ2n) is 5.31. The zero-order chi connectivity index (χ0) is 11.1. The Morgan fingerprint density at radius 1 is 1.47 bits per heavy atom. The summed E-state index contributed by atoms with van der Waals surface area (Å²) in [6.07, 6.45) is 1.33. The molecule has 3 N–H and O–H groups in total. The van der Waals surface area contributed by atoms with Crippen LogP contribution in [0.1, 0.15) is 25.8 Å². The first-order valence-electron chi connectivity index (χ1n) is 5.59. The van der Waals surface area contributed by atoms with E-state index in [1.54, 1.807) is 0 Å². The van der Waals surface area contributed by atoms with Crippen molar-refractivity contribution in [2.75, 3.05) is 17.6 Å². The molecule has 2 nitrogen and oxygen atoms in total. The minimum absolute atomic E-state index is 0.532. The molecular formula is C13H20N2. The molecule has 2 rings (SSSR count). The van der Waals surface area contributed by atoms with Gasteiger partial charge in [0.05, 0.1) is 11.4 Å². The number of nitrogens with one attached hydrogen (secondary N) is 1. The molecule has 0 aromatic heterocycles. The third kappa shape index (κ3) is 2.09. The molecular weight excluding hydrogens is 184 g/mol. The highest BCUT2D eigenvalue weighted by molar-refractivity contribution is 5.69. The fraction of sp³-hybridized carbons (Fsp3) is 0.538. The number of hydrogen-bond donors (Lipinski definition) is 2. The SMILES string of the molecule is Cc1cccc(N)c1NCC1CC1(C)C. The molecule has 0 spiro atoms. The molecule has 0 heterocycles. The molecule has 0 amide bonds. The number of rotatable bonds is 3. The summed E-state index contributed by atoms with van der Waals surface area (Å²) in [4.78, 5) is 0. The number of aryl methyl sites for hydroxylation is 1. The highest BCUT2D eigenvalue weighted by atomic mass is 14.9. The summed E-state index contributed by atoms with van der Waals surface area (Å²) < 4.78 is 0. The first-order valence-corrected chi connectivity index (χ1v) is 5.59. The lowest BCUT2D eigenvalue weighted by Crippen LogP contribution is -2.09. The van der Waals surface area contributed by atoms with Crippen LogP contribution in [-0.2, 0) is 0 Å². The maximum absolute atomic E-state index is 5.93. The first kappa shape index (κ1) is 10.3. The highest BCUT2D eigenvalue weighted by Gasteiger charge is 2.44. The van der Waals surface area contributed by atoms with Crippen molar-refractivity contribution in [2.24, 2.45) is 11.3 Å². The van der Waals surface area contributed by atoms with E-state index in [4.69, 9.17) is 5.73 Å². The third-order valence-electron chi connectivity index (χ3n) is 3.55. The van der Waals surface area contributed by atoms with Gasteiger partial charge >= 0.3 is 0 Å². The van der Waals surface area contributed by atoms with Crippen LogP contribution in [0, 0.1) is 18.3 Å². The van der Waals surface area contributed by atoms with Crippen LogP contribution in [-0.4, -0.2) is 6.54 Å². The standard InChI is InChI=1S/C13H20N2/c1-9-5-4-6-11(14)12(9)15-8-10-7-13(10,2)3/h4-6,10,15H,7-8,14H2,1-3H3. The van der Waals surface area contributed by atoms with Gasteiger partial charge in [-0.1, -0.05) is 26.0 Å². The number of para-hydroxylation sites is 1. The molecule has 0 bridgehead atoms. The summed E-state index contributed by atoms with van der Waals surface area (Å²) in [6, 6.07) is 6.04. The Balaban J connectivity index is 2.00. The van der Waals surface area contributed by atoms with Gasteiger partial charge in [-0.25, -0.2) is 0 Å². The van der Waals surface area contributed by atoms with Crippen LogP contribution < -0.4 is 11.1 Å². The van der Waals surface area contributed by atoms with Gasteiger partial charge in [-0.05, 0) is 36.3 Å². The minimum atomic E-state index is 0.532. The van der Waals surface area contributed by atoms with Gasteiger partial charge in [-0.2, -0.15) is 0 Å². The molecule has 1 fully saturated rings. The van der Waals surface area contributed by atoms with E-state index in [0.29, 0.717) is 5.41 Å². The summed E-state index contributed by atoms with van der Waals surface area (Å²) >= 11 is 0. The van der Waals surface area contributed by atoms with E-state index >= 15 is 0 Å². The molecule has 82 valence electrons. The number of nitrogen functional groups attached to an aromatic ring is 1. The lowest BCUT2D eigenvalue weighted by molar-refractivity contribution is 0.573. The van der Waals surface area contributed by atoms with Crippen molar-refractivity contribution in [3.63, 3.8) is 0 Å². The van der Waals surface area contributed by atoms with Crippen LogP contribution in [0.15, 0.2) is 18.2 Å². The van der Waals surface area contributed by atoms with Gasteiger partial charge in [-0.3, -0.25) is 0 Å². The predicted molar refractivity (Wildman–Crippen MR) is 66.0 cm³/mol. The molecule has 2 heteroatoms. The van der Waals surface area contributed by atoms with E-state index in [0.717, 1.165) is 23.8 Å².